The van der Waals surface area contributed by atoms with Gasteiger partial charge in [0, 0.05) is 50.9 Å². The van der Waals surface area contributed by atoms with E-state index in [0.29, 0.717) is 0 Å². The molecule has 57 heavy (non-hydrogen) atoms. The molecule has 0 aliphatic heterocycles. The fraction of sp³-hybridized carbons (Fsp3) is 0.0189. The van der Waals surface area contributed by atoms with Crippen molar-refractivity contribution in [2.45, 2.75) is 5.41 Å². The molecule has 0 amide bonds. The minimum Gasteiger partial charge on any atom is -0.309 e. The fourth-order valence-electron chi connectivity index (χ4n) is 10.5. The lowest BCUT2D eigenvalue weighted by Gasteiger charge is -2.30. The monoisotopic (exact) mass is 724 g/mol. The number of fused-ring (bicyclic) bond motifs is 17. The van der Waals surface area contributed by atoms with E-state index in [0.717, 1.165) is 22.4 Å². The van der Waals surface area contributed by atoms with Gasteiger partial charge in [0.2, 0.25) is 0 Å². The molecule has 0 saturated carbocycles. The predicted octanol–water partition coefficient (Wildman–Crippen LogP) is 12.7. The molecule has 1 spiro atoms. The van der Waals surface area contributed by atoms with E-state index in [-0.39, 0.29) is 0 Å². The lowest BCUT2D eigenvalue weighted by atomic mass is 9.70. The molecule has 13 rings (SSSR count). The molecule has 0 unspecified atom stereocenters. The summed E-state index contributed by atoms with van der Waals surface area (Å²) in [6.07, 6.45) is 7.59. The first-order valence-electron chi connectivity index (χ1n) is 19.6. The van der Waals surface area contributed by atoms with Crippen molar-refractivity contribution in [2.24, 2.45) is 0 Å². The smallest absolute Gasteiger partial charge is 0.0726 e. The van der Waals surface area contributed by atoms with Gasteiger partial charge < -0.3 is 9.13 Å². The van der Waals surface area contributed by atoms with Crippen LogP contribution in [-0.4, -0.2) is 19.1 Å². The third kappa shape index (κ3) is 3.91. The largest absolute Gasteiger partial charge is 0.309 e. The Hall–Kier alpha value is -7.56. The third-order valence-corrected chi connectivity index (χ3v) is 12.7. The molecule has 0 bridgehead atoms. The van der Waals surface area contributed by atoms with Gasteiger partial charge >= 0.3 is 0 Å². The second-order valence-electron chi connectivity index (χ2n) is 15.3. The molecular weight excluding hydrogens is 693 g/mol. The Balaban J connectivity index is 0.990. The first-order chi connectivity index (χ1) is 28.3. The van der Waals surface area contributed by atoms with Crippen LogP contribution in [0.3, 0.4) is 0 Å². The lowest BCUT2D eigenvalue weighted by molar-refractivity contribution is 0.794. The van der Waals surface area contributed by atoms with Gasteiger partial charge in [-0.05, 0) is 92.5 Å². The molecule has 4 aromatic heterocycles. The van der Waals surface area contributed by atoms with E-state index in [1.165, 1.54) is 88.2 Å². The zero-order chi connectivity index (χ0) is 37.2. The van der Waals surface area contributed by atoms with Gasteiger partial charge in [0.25, 0.3) is 0 Å². The van der Waals surface area contributed by atoms with Crippen molar-refractivity contribution in [2.75, 3.05) is 0 Å². The summed E-state index contributed by atoms with van der Waals surface area (Å²) in [6.45, 7) is 0. The molecule has 0 saturated heterocycles. The molecule has 0 radical (unpaired) electrons. The zero-order valence-corrected chi connectivity index (χ0v) is 30.8. The Labute approximate surface area is 328 Å². The number of pyridine rings is 2. The third-order valence-electron chi connectivity index (χ3n) is 12.7. The molecule has 11 aromatic rings. The Morgan fingerprint density at radius 1 is 0.351 bits per heavy atom. The van der Waals surface area contributed by atoms with Crippen LogP contribution in [0, 0.1) is 0 Å². The molecule has 4 heterocycles. The second kappa shape index (κ2) is 11.2. The van der Waals surface area contributed by atoms with Gasteiger partial charge in [-0.15, -0.1) is 0 Å². The highest BCUT2D eigenvalue weighted by atomic mass is 15.0. The van der Waals surface area contributed by atoms with Crippen LogP contribution in [0.5, 0.6) is 0 Å². The fourth-order valence-corrected chi connectivity index (χ4v) is 10.5. The van der Waals surface area contributed by atoms with Gasteiger partial charge in [0.15, 0.2) is 0 Å². The molecule has 7 aromatic carbocycles. The molecule has 4 heteroatoms. The van der Waals surface area contributed by atoms with E-state index in [1.54, 1.807) is 0 Å². The number of hydrogen-bond acceptors (Lipinski definition) is 2. The van der Waals surface area contributed by atoms with Crippen LogP contribution in [0.1, 0.15) is 22.3 Å². The van der Waals surface area contributed by atoms with E-state index in [2.05, 4.69) is 189 Å². The van der Waals surface area contributed by atoms with Crippen LogP contribution in [0.15, 0.2) is 195 Å². The quantitative estimate of drug-likeness (QED) is 0.182. The number of hydrogen-bond donors (Lipinski definition) is 0. The van der Waals surface area contributed by atoms with Gasteiger partial charge in [-0.3, -0.25) is 9.97 Å². The van der Waals surface area contributed by atoms with E-state index < -0.39 is 5.41 Å². The molecule has 0 atom stereocenters. The minimum absolute atomic E-state index is 0.392. The standard InChI is InChI=1S/C53H32N4/c1-5-13-44-37(9-1)38-10-2-6-14-45(38)53(44)46-15-7-3-12-43(46)51-47(53)26-25-42-39-11-4-8-16-48(39)57(52(42)51)36-23-19-34(20-24-36)33-17-21-35(22-18-33)56-49-31-54-29-27-40(49)41-28-30-55-32-50(41)56/h1-32H. The Bertz CT molecular complexity index is 3360. The van der Waals surface area contributed by atoms with E-state index in [4.69, 9.17) is 0 Å². The van der Waals surface area contributed by atoms with Crippen molar-refractivity contribution in [1.82, 2.24) is 19.1 Å². The average molecular weight is 725 g/mol. The molecule has 2 aliphatic carbocycles. The van der Waals surface area contributed by atoms with Gasteiger partial charge in [0.1, 0.15) is 0 Å². The number of rotatable bonds is 3. The normalized spacial score (nSPS) is 13.4. The van der Waals surface area contributed by atoms with Crippen LogP contribution in [0.2, 0.25) is 0 Å². The van der Waals surface area contributed by atoms with Gasteiger partial charge in [-0.2, -0.15) is 0 Å². The Kier molecular flexibility index (Phi) is 6.07. The van der Waals surface area contributed by atoms with Crippen molar-refractivity contribution < 1.29 is 0 Å². The van der Waals surface area contributed by atoms with E-state index in [1.807, 2.05) is 24.8 Å². The number of para-hydroxylation sites is 1. The summed E-state index contributed by atoms with van der Waals surface area (Å²) in [6, 6.07) is 63.0. The van der Waals surface area contributed by atoms with Crippen molar-refractivity contribution in [3.8, 4) is 44.8 Å². The average Bonchev–Trinajstić information content (AvgIpc) is 3.99. The molecular formula is C53H32N4. The van der Waals surface area contributed by atoms with Gasteiger partial charge in [0.05, 0.1) is 39.9 Å². The second-order valence-corrected chi connectivity index (χ2v) is 15.3. The highest BCUT2D eigenvalue weighted by Crippen LogP contribution is 2.64. The molecule has 2 aliphatic rings. The van der Waals surface area contributed by atoms with E-state index in [9.17, 15) is 0 Å². The summed E-state index contributed by atoms with van der Waals surface area (Å²) in [5.41, 5.74) is 19.5. The molecule has 264 valence electrons. The molecule has 0 N–H and O–H groups in total. The van der Waals surface area contributed by atoms with Crippen LogP contribution >= 0.6 is 0 Å². The highest BCUT2D eigenvalue weighted by Gasteiger charge is 2.52. The van der Waals surface area contributed by atoms with Crippen molar-refractivity contribution in [3.63, 3.8) is 0 Å². The maximum atomic E-state index is 4.45. The highest BCUT2D eigenvalue weighted by molar-refractivity contribution is 6.16. The number of benzene rings is 7. The topological polar surface area (TPSA) is 35.6 Å². The van der Waals surface area contributed by atoms with E-state index >= 15 is 0 Å². The maximum Gasteiger partial charge on any atom is 0.0726 e. The Morgan fingerprint density at radius 2 is 0.842 bits per heavy atom. The summed E-state index contributed by atoms with van der Waals surface area (Å²) in [4.78, 5) is 8.90. The first kappa shape index (κ1) is 30.7. The maximum absolute atomic E-state index is 4.45. The van der Waals surface area contributed by atoms with Crippen LogP contribution in [0.25, 0.3) is 88.4 Å². The van der Waals surface area contributed by atoms with Crippen molar-refractivity contribution in [1.29, 1.82) is 0 Å². The Morgan fingerprint density at radius 3 is 1.46 bits per heavy atom. The number of nitrogens with zero attached hydrogens (tertiary/aromatic N) is 4. The van der Waals surface area contributed by atoms with Crippen molar-refractivity contribution >= 4 is 43.6 Å². The van der Waals surface area contributed by atoms with Crippen LogP contribution in [0.4, 0.5) is 0 Å². The SMILES string of the molecule is c1ccc2c(c1)-c1ccccc1C21c2ccccc2-c2c1ccc1c3ccccc3n(-c3ccc(-c4ccc(-n5c6cnccc6c6ccncc65)cc4)cc3)c21. The zero-order valence-electron chi connectivity index (χ0n) is 30.8. The summed E-state index contributed by atoms with van der Waals surface area (Å²) in [7, 11) is 0. The molecule has 4 nitrogen and oxygen atoms in total. The summed E-state index contributed by atoms with van der Waals surface area (Å²) in [5.74, 6) is 0. The summed E-state index contributed by atoms with van der Waals surface area (Å²) in [5, 5.41) is 4.88. The molecule has 0 fully saturated rings. The minimum atomic E-state index is -0.392. The van der Waals surface area contributed by atoms with Gasteiger partial charge in [-0.1, -0.05) is 127 Å². The van der Waals surface area contributed by atoms with Crippen LogP contribution in [-0.2, 0) is 5.41 Å². The van der Waals surface area contributed by atoms with Crippen molar-refractivity contribution in [3.05, 3.63) is 217 Å². The summed E-state index contributed by atoms with van der Waals surface area (Å²) >= 11 is 0. The van der Waals surface area contributed by atoms with Gasteiger partial charge in [-0.25, -0.2) is 0 Å². The first-order valence-corrected chi connectivity index (χ1v) is 19.6. The lowest BCUT2D eigenvalue weighted by Crippen LogP contribution is -2.25. The number of aromatic nitrogens is 4. The predicted molar refractivity (Wildman–Crippen MR) is 232 cm³/mol. The van der Waals surface area contributed by atoms with Crippen LogP contribution < -0.4 is 0 Å². The summed E-state index contributed by atoms with van der Waals surface area (Å²) < 4.78 is 4.76.